The lowest BCUT2D eigenvalue weighted by atomic mass is 9.92. The molecule has 0 amide bonds. The Kier molecular flexibility index (Phi) is 5.21. The molecule has 0 saturated carbocycles. The van der Waals surface area contributed by atoms with Crippen molar-refractivity contribution in [3.63, 3.8) is 0 Å². The van der Waals surface area contributed by atoms with Gasteiger partial charge in [-0.05, 0) is 37.8 Å². The smallest absolute Gasteiger partial charge is 0.0206 e. The maximum absolute atomic E-state index is 3.54. The van der Waals surface area contributed by atoms with Crippen molar-refractivity contribution in [1.82, 2.24) is 10.2 Å². The van der Waals surface area contributed by atoms with Crippen molar-refractivity contribution in [2.24, 2.45) is 5.92 Å². The van der Waals surface area contributed by atoms with Crippen LogP contribution in [0, 0.1) is 5.92 Å². The van der Waals surface area contributed by atoms with Crippen LogP contribution in [0.25, 0.3) is 0 Å². The van der Waals surface area contributed by atoms with Gasteiger partial charge < -0.3 is 5.32 Å². The second kappa shape index (κ2) is 6.91. The number of benzene rings is 1. The van der Waals surface area contributed by atoms with Crippen LogP contribution >= 0.6 is 0 Å². The minimum absolute atomic E-state index is 0.747. The molecule has 1 aromatic rings. The van der Waals surface area contributed by atoms with Crippen molar-refractivity contribution in [1.29, 1.82) is 0 Å². The molecule has 0 bridgehead atoms. The molecular formula is C16H26N2. The second-order valence-electron chi connectivity index (χ2n) is 5.56. The topological polar surface area (TPSA) is 15.3 Å². The number of hydrogen-bond donors (Lipinski definition) is 1. The molecule has 1 heterocycles. The van der Waals surface area contributed by atoms with Crippen molar-refractivity contribution in [3.8, 4) is 0 Å². The number of nitrogens with one attached hydrogen (secondary N) is 1. The van der Waals surface area contributed by atoms with Gasteiger partial charge in [-0.2, -0.15) is 0 Å². The minimum atomic E-state index is 0.747. The Bertz CT molecular complexity index is 336. The van der Waals surface area contributed by atoms with Gasteiger partial charge in [-0.15, -0.1) is 0 Å². The zero-order valence-electron chi connectivity index (χ0n) is 11.7. The lowest BCUT2D eigenvalue weighted by molar-refractivity contribution is 0.115. The van der Waals surface area contributed by atoms with Crippen molar-refractivity contribution in [2.45, 2.75) is 39.3 Å². The summed E-state index contributed by atoms with van der Waals surface area (Å²) in [4.78, 5) is 2.63. The van der Waals surface area contributed by atoms with E-state index in [9.17, 15) is 0 Å². The largest absolute Gasteiger partial charge is 0.311 e. The van der Waals surface area contributed by atoms with Crippen LogP contribution in [0.1, 0.15) is 32.3 Å². The Morgan fingerprint density at radius 3 is 2.78 bits per heavy atom. The van der Waals surface area contributed by atoms with Crippen molar-refractivity contribution < 1.29 is 0 Å². The monoisotopic (exact) mass is 246 g/mol. The number of rotatable bonds is 5. The summed E-state index contributed by atoms with van der Waals surface area (Å²) in [6, 6.07) is 11.4. The number of piperidine rings is 1. The fourth-order valence-corrected chi connectivity index (χ4v) is 2.79. The normalized spacial score (nSPS) is 25.2. The lowest BCUT2D eigenvalue weighted by Crippen LogP contribution is -2.45. The first-order chi connectivity index (χ1) is 8.77. The van der Waals surface area contributed by atoms with Gasteiger partial charge in [-0.1, -0.05) is 37.3 Å². The average molecular weight is 246 g/mol. The van der Waals surface area contributed by atoms with Crippen molar-refractivity contribution >= 4 is 0 Å². The molecule has 1 saturated heterocycles. The molecule has 2 nitrogen and oxygen atoms in total. The highest BCUT2D eigenvalue weighted by atomic mass is 15.2. The molecule has 0 spiro atoms. The highest BCUT2D eigenvalue weighted by Crippen LogP contribution is 2.21. The molecule has 2 atom stereocenters. The highest BCUT2D eigenvalue weighted by molar-refractivity contribution is 5.14. The van der Waals surface area contributed by atoms with E-state index in [1.54, 1.807) is 0 Å². The summed E-state index contributed by atoms with van der Waals surface area (Å²) in [6.07, 6.45) is 2.76. The minimum Gasteiger partial charge on any atom is -0.311 e. The summed E-state index contributed by atoms with van der Waals surface area (Å²) >= 11 is 0. The molecule has 2 unspecified atom stereocenters. The summed E-state index contributed by atoms with van der Waals surface area (Å²) in [5, 5.41) is 3.54. The molecule has 2 heteroatoms. The molecule has 1 fully saturated rings. The predicted octanol–water partition coefficient (Wildman–Crippen LogP) is 2.90. The van der Waals surface area contributed by atoms with Crippen LogP contribution in [0.3, 0.4) is 0 Å². The van der Waals surface area contributed by atoms with Gasteiger partial charge >= 0.3 is 0 Å². The molecule has 0 radical (unpaired) electrons. The average Bonchev–Trinajstić information content (AvgIpc) is 2.40. The van der Waals surface area contributed by atoms with Gasteiger partial charge in [0.25, 0.3) is 0 Å². The Balaban J connectivity index is 1.66. The van der Waals surface area contributed by atoms with E-state index in [0.717, 1.165) is 25.0 Å². The molecule has 1 N–H and O–H groups in total. The maximum atomic E-state index is 3.54. The predicted molar refractivity (Wildman–Crippen MR) is 77.6 cm³/mol. The molecule has 1 aromatic carbocycles. The van der Waals surface area contributed by atoms with Gasteiger partial charge in [-0.3, -0.25) is 4.90 Å². The van der Waals surface area contributed by atoms with E-state index in [-0.39, 0.29) is 0 Å². The second-order valence-corrected chi connectivity index (χ2v) is 5.56. The van der Waals surface area contributed by atoms with Crippen molar-refractivity contribution in [3.05, 3.63) is 35.9 Å². The Morgan fingerprint density at radius 1 is 1.22 bits per heavy atom. The van der Waals surface area contributed by atoms with E-state index < -0.39 is 0 Å². The Labute approximate surface area is 111 Å². The number of hydrogen-bond acceptors (Lipinski definition) is 2. The van der Waals surface area contributed by atoms with Crippen LogP contribution < -0.4 is 5.32 Å². The van der Waals surface area contributed by atoms with Crippen LogP contribution in [0.5, 0.6) is 0 Å². The summed E-state index contributed by atoms with van der Waals surface area (Å²) in [6.45, 7) is 9.29. The van der Waals surface area contributed by atoms with E-state index in [1.807, 2.05) is 0 Å². The molecular weight excluding hydrogens is 220 g/mol. The van der Waals surface area contributed by atoms with E-state index in [1.165, 1.54) is 31.5 Å². The van der Waals surface area contributed by atoms with Gasteiger partial charge in [-0.25, -0.2) is 0 Å². The molecule has 100 valence electrons. The SMILES string of the molecule is CC1CCCN(CCNCc2ccccc2)C1C. The maximum Gasteiger partial charge on any atom is 0.0206 e. The highest BCUT2D eigenvalue weighted by Gasteiger charge is 2.23. The Morgan fingerprint density at radius 2 is 2.00 bits per heavy atom. The molecule has 0 aliphatic carbocycles. The van der Waals surface area contributed by atoms with Gasteiger partial charge in [0.05, 0.1) is 0 Å². The summed E-state index contributed by atoms with van der Waals surface area (Å²) in [5.41, 5.74) is 1.37. The Hall–Kier alpha value is -0.860. The van der Waals surface area contributed by atoms with Crippen LogP contribution in [0.15, 0.2) is 30.3 Å². The third-order valence-corrected chi connectivity index (χ3v) is 4.25. The van der Waals surface area contributed by atoms with Crippen molar-refractivity contribution in [2.75, 3.05) is 19.6 Å². The van der Waals surface area contributed by atoms with E-state index in [2.05, 4.69) is 54.4 Å². The van der Waals surface area contributed by atoms with Crippen LogP contribution in [-0.4, -0.2) is 30.6 Å². The fourth-order valence-electron chi connectivity index (χ4n) is 2.79. The quantitative estimate of drug-likeness (QED) is 0.804. The zero-order valence-corrected chi connectivity index (χ0v) is 11.7. The standard InChI is InChI=1S/C16H26N2/c1-14-7-6-11-18(15(14)2)12-10-17-13-16-8-4-3-5-9-16/h3-5,8-9,14-15,17H,6-7,10-13H2,1-2H3. The van der Waals surface area contributed by atoms with E-state index >= 15 is 0 Å². The van der Waals surface area contributed by atoms with Gasteiger partial charge in [0.1, 0.15) is 0 Å². The molecule has 1 aliphatic rings. The van der Waals surface area contributed by atoms with Crippen LogP contribution in [0.4, 0.5) is 0 Å². The number of nitrogens with zero attached hydrogens (tertiary/aromatic N) is 1. The first kappa shape index (κ1) is 13.6. The molecule has 0 aromatic heterocycles. The van der Waals surface area contributed by atoms with Crippen LogP contribution in [0.2, 0.25) is 0 Å². The van der Waals surface area contributed by atoms with E-state index in [0.29, 0.717) is 0 Å². The zero-order chi connectivity index (χ0) is 12.8. The summed E-state index contributed by atoms with van der Waals surface area (Å²) < 4.78 is 0. The van der Waals surface area contributed by atoms with E-state index in [4.69, 9.17) is 0 Å². The molecule has 18 heavy (non-hydrogen) atoms. The molecule has 1 aliphatic heterocycles. The van der Waals surface area contributed by atoms with Gasteiger partial charge in [0, 0.05) is 25.7 Å². The third-order valence-electron chi connectivity index (χ3n) is 4.25. The van der Waals surface area contributed by atoms with Crippen LogP contribution in [-0.2, 0) is 6.54 Å². The molecule has 2 rings (SSSR count). The third kappa shape index (κ3) is 3.82. The summed E-state index contributed by atoms with van der Waals surface area (Å²) in [5.74, 6) is 0.855. The fraction of sp³-hybridized carbons (Fsp3) is 0.625. The lowest BCUT2D eigenvalue weighted by Gasteiger charge is -2.37. The van der Waals surface area contributed by atoms with Gasteiger partial charge in [0.2, 0.25) is 0 Å². The van der Waals surface area contributed by atoms with Gasteiger partial charge in [0.15, 0.2) is 0 Å². The number of likely N-dealkylation sites (tertiary alicyclic amines) is 1. The summed E-state index contributed by atoms with van der Waals surface area (Å²) in [7, 11) is 0. The first-order valence-electron chi connectivity index (χ1n) is 7.26. The first-order valence-corrected chi connectivity index (χ1v) is 7.26.